The van der Waals surface area contributed by atoms with E-state index in [1.807, 2.05) is 50.2 Å². The predicted octanol–water partition coefficient (Wildman–Crippen LogP) is 4.76. The number of benzene rings is 2. The maximum Gasteiger partial charge on any atom is 0.246 e. The van der Waals surface area contributed by atoms with Gasteiger partial charge in [0.2, 0.25) is 5.91 Å². The lowest BCUT2D eigenvalue weighted by molar-refractivity contribution is -0.116. The number of para-hydroxylation sites is 2. The molecule has 0 aromatic heterocycles. The molecule has 5 nitrogen and oxygen atoms in total. The van der Waals surface area contributed by atoms with Crippen LogP contribution >= 0.6 is 0 Å². The summed E-state index contributed by atoms with van der Waals surface area (Å²) in [5, 5.41) is 6.23. The molecule has 150 valence electrons. The number of ether oxygens (including phenoxy) is 1. The Balaban J connectivity index is 1.57. The van der Waals surface area contributed by atoms with E-state index in [2.05, 4.69) is 34.6 Å². The number of hydrogen-bond donors (Lipinski definition) is 2. The van der Waals surface area contributed by atoms with Gasteiger partial charge in [-0.1, -0.05) is 19.1 Å². The average Bonchev–Trinajstić information content (AvgIpc) is 2.71. The van der Waals surface area contributed by atoms with Crippen LogP contribution in [0.4, 0.5) is 17.1 Å². The molecule has 2 aromatic carbocycles. The maximum atomic E-state index is 12.6. The van der Waals surface area contributed by atoms with Crippen LogP contribution < -0.4 is 20.3 Å². The zero-order valence-corrected chi connectivity index (χ0v) is 17.1. The van der Waals surface area contributed by atoms with E-state index in [1.165, 1.54) is 18.5 Å². The summed E-state index contributed by atoms with van der Waals surface area (Å²) in [4.78, 5) is 15.0. The molecule has 1 atom stereocenters. The Morgan fingerprint density at radius 1 is 1.14 bits per heavy atom. The normalized spacial score (nSPS) is 15.8. The Bertz CT molecular complexity index is 768. The van der Waals surface area contributed by atoms with Gasteiger partial charge in [0.25, 0.3) is 0 Å². The molecule has 1 heterocycles. The van der Waals surface area contributed by atoms with Crippen molar-refractivity contribution in [2.75, 3.05) is 35.2 Å². The molecule has 0 unspecified atom stereocenters. The molecule has 2 aromatic rings. The van der Waals surface area contributed by atoms with Crippen LogP contribution in [0.25, 0.3) is 0 Å². The van der Waals surface area contributed by atoms with E-state index in [4.69, 9.17) is 4.74 Å². The van der Waals surface area contributed by atoms with Crippen LogP contribution in [0.3, 0.4) is 0 Å². The number of piperidine rings is 1. The average molecular weight is 382 g/mol. The summed E-state index contributed by atoms with van der Waals surface area (Å²) in [7, 11) is 0. The molecule has 5 heteroatoms. The number of carbonyl (C=O) groups is 1. The van der Waals surface area contributed by atoms with Gasteiger partial charge in [0.1, 0.15) is 11.8 Å². The zero-order chi connectivity index (χ0) is 19.9. The van der Waals surface area contributed by atoms with Gasteiger partial charge in [-0.2, -0.15) is 0 Å². The first-order valence-corrected chi connectivity index (χ1v) is 10.2. The fraction of sp³-hybridized carbons (Fsp3) is 0.435. The largest absolute Gasteiger partial charge is 0.492 e. The highest BCUT2D eigenvalue weighted by Gasteiger charge is 2.17. The van der Waals surface area contributed by atoms with Gasteiger partial charge < -0.3 is 20.3 Å². The van der Waals surface area contributed by atoms with Gasteiger partial charge in [-0.15, -0.1) is 0 Å². The molecule has 1 fully saturated rings. The highest BCUT2D eigenvalue weighted by atomic mass is 16.5. The summed E-state index contributed by atoms with van der Waals surface area (Å²) in [6, 6.07) is 15.5. The second-order valence-corrected chi connectivity index (χ2v) is 7.50. The van der Waals surface area contributed by atoms with Crippen molar-refractivity contribution in [1.82, 2.24) is 0 Å². The highest BCUT2D eigenvalue weighted by molar-refractivity contribution is 5.97. The lowest BCUT2D eigenvalue weighted by Crippen LogP contribution is -2.33. The molecule has 1 aliphatic heterocycles. The van der Waals surface area contributed by atoms with E-state index in [9.17, 15) is 4.79 Å². The van der Waals surface area contributed by atoms with E-state index in [-0.39, 0.29) is 11.9 Å². The number of carbonyl (C=O) groups excluding carboxylic acids is 1. The standard InChI is InChI=1S/C23H31N3O2/c1-4-28-22-8-6-5-7-21(22)25-23(27)18(3)24-19-9-11-20(12-10-19)26-15-13-17(2)14-16-26/h5-12,17-18,24H,4,13-16H2,1-3H3,(H,25,27)/t18-/m0/s1. The van der Waals surface area contributed by atoms with Gasteiger partial charge in [-0.3, -0.25) is 4.79 Å². The number of anilines is 3. The number of hydrogen-bond acceptors (Lipinski definition) is 4. The summed E-state index contributed by atoms with van der Waals surface area (Å²) in [5.41, 5.74) is 2.88. The Morgan fingerprint density at radius 2 is 1.82 bits per heavy atom. The number of amides is 1. The van der Waals surface area contributed by atoms with Crippen LogP contribution in [0.5, 0.6) is 5.75 Å². The summed E-state index contributed by atoms with van der Waals surface area (Å²) >= 11 is 0. The van der Waals surface area contributed by atoms with Crippen molar-refractivity contribution in [1.29, 1.82) is 0 Å². The molecule has 1 saturated heterocycles. The monoisotopic (exact) mass is 381 g/mol. The quantitative estimate of drug-likeness (QED) is 0.726. The van der Waals surface area contributed by atoms with Gasteiger partial charge in [-0.25, -0.2) is 0 Å². The van der Waals surface area contributed by atoms with Crippen molar-refractivity contribution < 1.29 is 9.53 Å². The van der Waals surface area contributed by atoms with Crippen LogP contribution in [0.1, 0.15) is 33.6 Å². The molecule has 0 aliphatic carbocycles. The molecule has 0 bridgehead atoms. The van der Waals surface area contributed by atoms with E-state index in [0.717, 1.165) is 24.7 Å². The minimum atomic E-state index is -0.364. The van der Waals surface area contributed by atoms with E-state index in [1.54, 1.807) is 0 Å². The van der Waals surface area contributed by atoms with Crippen LogP contribution in [-0.2, 0) is 4.79 Å². The SMILES string of the molecule is CCOc1ccccc1NC(=O)[C@H](C)Nc1ccc(N2CCC(C)CC2)cc1. The molecular formula is C23H31N3O2. The van der Waals surface area contributed by atoms with Crippen LogP contribution in [0, 0.1) is 5.92 Å². The third-order valence-corrected chi connectivity index (χ3v) is 5.24. The topological polar surface area (TPSA) is 53.6 Å². The van der Waals surface area contributed by atoms with E-state index >= 15 is 0 Å². The lowest BCUT2D eigenvalue weighted by atomic mass is 9.99. The minimum absolute atomic E-state index is 0.0961. The van der Waals surface area contributed by atoms with Gasteiger partial charge in [0, 0.05) is 24.5 Å². The Morgan fingerprint density at radius 3 is 2.50 bits per heavy atom. The minimum Gasteiger partial charge on any atom is -0.492 e. The Kier molecular flexibility index (Phi) is 6.80. The van der Waals surface area contributed by atoms with Crippen molar-refractivity contribution in [2.45, 2.75) is 39.7 Å². The van der Waals surface area contributed by atoms with Crippen molar-refractivity contribution in [2.24, 2.45) is 5.92 Å². The first-order chi connectivity index (χ1) is 13.6. The second-order valence-electron chi connectivity index (χ2n) is 7.50. The highest BCUT2D eigenvalue weighted by Crippen LogP contribution is 2.26. The number of nitrogens with zero attached hydrogens (tertiary/aromatic N) is 1. The van der Waals surface area contributed by atoms with E-state index < -0.39 is 0 Å². The lowest BCUT2D eigenvalue weighted by Gasteiger charge is -2.32. The molecule has 1 amide bonds. The smallest absolute Gasteiger partial charge is 0.246 e. The molecule has 1 aliphatic rings. The van der Waals surface area contributed by atoms with Crippen molar-refractivity contribution >= 4 is 23.0 Å². The molecular weight excluding hydrogens is 350 g/mol. The Labute approximate surface area is 168 Å². The summed E-state index contributed by atoms with van der Waals surface area (Å²) < 4.78 is 5.57. The fourth-order valence-corrected chi connectivity index (χ4v) is 3.44. The number of nitrogens with one attached hydrogen (secondary N) is 2. The van der Waals surface area contributed by atoms with Crippen molar-refractivity contribution in [3.05, 3.63) is 48.5 Å². The molecule has 0 radical (unpaired) electrons. The molecule has 3 rings (SSSR count). The molecule has 28 heavy (non-hydrogen) atoms. The van der Waals surface area contributed by atoms with Gasteiger partial charge in [-0.05, 0) is 69.0 Å². The van der Waals surface area contributed by atoms with Crippen LogP contribution in [0.15, 0.2) is 48.5 Å². The van der Waals surface area contributed by atoms with Crippen molar-refractivity contribution in [3.8, 4) is 5.75 Å². The number of rotatable bonds is 7. The second kappa shape index (κ2) is 9.49. The van der Waals surface area contributed by atoms with Gasteiger partial charge in [0.15, 0.2) is 0 Å². The van der Waals surface area contributed by atoms with Crippen LogP contribution in [-0.4, -0.2) is 31.6 Å². The first kappa shape index (κ1) is 20.1. The zero-order valence-electron chi connectivity index (χ0n) is 17.1. The third kappa shape index (κ3) is 5.18. The molecule has 0 saturated carbocycles. The van der Waals surface area contributed by atoms with Crippen molar-refractivity contribution in [3.63, 3.8) is 0 Å². The van der Waals surface area contributed by atoms with Gasteiger partial charge in [0.05, 0.1) is 12.3 Å². The molecule has 2 N–H and O–H groups in total. The summed E-state index contributed by atoms with van der Waals surface area (Å²) in [5.74, 6) is 1.41. The third-order valence-electron chi connectivity index (χ3n) is 5.24. The van der Waals surface area contributed by atoms with Crippen LogP contribution in [0.2, 0.25) is 0 Å². The first-order valence-electron chi connectivity index (χ1n) is 10.2. The Hall–Kier alpha value is -2.69. The fourth-order valence-electron chi connectivity index (χ4n) is 3.44. The maximum absolute atomic E-state index is 12.6. The summed E-state index contributed by atoms with van der Waals surface area (Å²) in [6.45, 7) is 8.90. The molecule has 0 spiro atoms. The van der Waals surface area contributed by atoms with E-state index in [0.29, 0.717) is 18.0 Å². The van der Waals surface area contributed by atoms with Gasteiger partial charge >= 0.3 is 0 Å². The predicted molar refractivity (Wildman–Crippen MR) is 116 cm³/mol. The summed E-state index contributed by atoms with van der Waals surface area (Å²) in [6.07, 6.45) is 2.50.